The maximum absolute atomic E-state index is 13.1. The number of para-hydroxylation sites is 1. The van der Waals surface area contributed by atoms with Gasteiger partial charge in [-0.2, -0.15) is 0 Å². The van der Waals surface area contributed by atoms with Gasteiger partial charge in [0, 0.05) is 4.90 Å². The summed E-state index contributed by atoms with van der Waals surface area (Å²) in [6.07, 6.45) is 4.00. The van der Waals surface area contributed by atoms with Crippen LogP contribution in [0.5, 0.6) is 0 Å². The average molecular weight is 304 g/mol. The van der Waals surface area contributed by atoms with Crippen LogP contribution in [0.4, 0.5) is 5.69 Å². The number of hydrogen-bond donors (Lipinski definition) is 1. The van der Waals surface area contributed by atoms with E-state index in [1.54, 1.807) is 23.6 Å². The smallest absolute Gasteiger partial charge is 0.253 e. The summed E-state index contributed by atoms with van der Waals surface area (Å²) in [4.78, 5) is 28.1. The Morgan fingerprint density at radius 2 is 1.95 bits per heavy atom. The maximum Gasteiger partial charge on any atom is 0.253 e. The maximum atomic E-state index is 13.1. The molecule has 1 aromatic rings. The van der Waals surface area contributed by atoms with Crippen LogP contribution >= 0.6 is 11.8 Å². The lowest BCUT2D eigenvalue weighted by Gasteiger charge is -2.44. The van der Waals surface area contributed by atoms with Crippen LogP contribution < -0.4 is 10.2 Å². The molecule has 1 saturated heterocycles. The third kappa shape index (κ3) is 2.24. The molecule has 1 aliphatic carbocycles. The second-order valence-corrected chi connectivity index (χ2v) is 6.84. The van der Waals surface area contributed by atoms with Crippen molar-refractivity contribution in [3.8, 4) is 0 Å². The molecule has 0 spiro atoms. The molecule has 1 saturated carbocycles. The van der Waals surface area contributed by atoms with Crippen molar-refractivity contribution in [3.05, 3.63) is 24.3 Å². The predicted molar refractivity (Wildman–Crippen MR) is 84.4 cm³/mol. The van der Waals surface area contributed by atoms with Gasteiger partial charge in [-0.15, -0.1) is 11.8 Å². The molecule has 1 aromatic carbocycles. The first-order valence-corrected chi connectivity index (χ1v) is 8.50. The summed E-state index contributed by atoms with van der Waals surface area (Å²) >= 11 is 1.59. The van der Waals surface area contributed by atoms with Crippen LogP contribution in [0.1, 0.15) is 26.7 Å². The van der Waals surface area contributed by atoms with Gasteiger partial charge in [-0.1, -0.05) is 12.1 Å². The highest BCUT2D eigenvalue weighted by Gasteiger charge is 2.55. The first-order chi connectivity index (χ1) is 9.99. The van der Waals surface area contributed by atoms with Gasteiger partial charge in [0.1, 0.15) is 11.6 Å². The number of amides is 2. The van der Waals surface area contributed by atoms with Crippen molar-refractivity contribution < 1.29 is 9.59 Å². The van der Waals surface area contributed by atoms with E-state index < -0.39 is 11.6 Å². The van der Waals surface area contributed by atoms with Gasteiger partial charge in [0.05, 0.1) is 5.69 Å². The Kier molecular flexibility index (Phi) is 3.48. The summed E-state index contributed by atoms with van der Waals surface area (Å²) < 4.78 is 0. The van der Waals surface area contributed by atoms with Crippen LogP contribution in [0.3, 0.4) is 0 Å². The standard InChI is InChI=1S/C16H20N2O2S/c1-10-14(19)17-16(2,11-8-9-11)15(20)18(10)12-6-4-5-7-13(12)21-3/h4-7,10-11H,8-9H2,1-3H3,(H,17,19). The van der Waals surface area contributed by atoms with Crippen LogP contribution in [0.25, 0.3) is 0 Å². The number of nitrogens with one attached hydrogen (secondary N) is 1. The SMILES string of the molecule is CSc1ccccc1N1C(=O)C(C)(C2CC2)NC(=O)C1C. The quantitative estimate of drug-likeness (QED) is 0.873. The number of piperazine rings is 1. The fraction of sp³-hybridized carbons (Fsp3) is 0.500. The molecule has 2 unspecified atom stereocenters. The van der Waals surface area contributed by atoms with Gasteiger partial charge in [0.25, 0.3) is 5.91 Å². The number of rotatable bonds is 3. The molecule has 3 rings (SSSR count). The Morgan fingerprint density at radius 1 is 1.29 bits per heavy atom. The lowest BCUT2D eigenvalue weighted by atomic mass is 9.89. The molecule has 21 heavy (non-hydrogen) atoms. The third-order valence-corrected chi connectivity index (χ3v) is 5.34. The molecule has 0 aromatic heterocycles. The van der Waals surface area contributed by atoms with E-state index in [4.69, 9.17) is 0 Å². The molecule has 2 atom stereocenters. The molecular formula is C16H20N2O2S. The van der Waals surface area contributed by atoms with E-state index in [9.17, 15) is 9.59 Å². The fourth-order valence-corrected chi connectivity index (χ4v) is 3.63. The fourth-order valence-electron chi connectivity index (χ4n) is 3.04. The van der Waals surface area contributed by atoms with Crippen molar-refractivity contribution in [3.63, 3.8) is 0 Å². The summed E-state index contributed by atoms with van der Waals surface area (Å²) in [6, 6.07) is 7.30. The topological polar surface area (TPSA) is 49.4 Å². The van der Waals surface area contributed by atoms with E-state index in [2.05, 4.69) is 5.32 Å². The molecule has 112 valence electrons. The molecule has 2 fully saturated rings. The summed E-state index contributed by atoms with van der Waals surface area (Å²) in [7, 11) is 0. The van der Waals surface area contributed by atoms with E-state index in [1.165, 1.54) is 0 Å². The molecule has 1 aliphatic heterocycles. The Bertz CT molecular complexity index is 600. The summed E-state index contributed by atoms with van der Waals surface area (Å²) in [6.45, 7) is 3.66. The Morgan fingerprint density at radius 3 is 2.57 bits per heavy atom. The first-order valence-electron chi connectivity index (χ1n) is 7.27. The zero-order chi connectivity index (χ0) is 15.2. The lowest BCUT2D eigenvalue weighted by molar-refractivity contribution is -0.138. The van der Waals surface area contributed by atoms with Crippen molar-refractivity contribution >= 4 is 29.3 Å². The third-order valence-electron chi connectivity index (χ3n) is 4.55. The van der Waals surface area contributed by atoms with Crippen molar-refractivity contribution in [2.45, 2.75) is 43.2 Å². The molecule has 1 N–H and O–H groups in total. The predicted octanol–water partition coefficient (Wildman–Crippen LogP) is 2.43. The molecule has 4 nitrogen and oxygen atoms in total. The molecule has 2 aliphatic rings. The molecule has 0 radical (unpaired) electrons. The van der Waals surface area contributed by atoms with Gasteiger partial charge in [0.2, 0.25) is 5.91 Å². The van der Waals surface area contributed by atoms with Gasteiger partial charge >= 0.3 is 0 Å². The second kappa shape index (κ2) is 5.05. The van der Waals surface area contributed by atoms with Crippen molar-refractivity contribution in [1.82, 2.24) is 5.32 Å². The molecule has 5 heteroatoms. The first kappa shape index (κ1) is 14.4. The summed E-state index contributed by atoms with van der Waals surface area (Å²) in [5.41, 5.74) is 0.0824. The number of carbonyl (C=O) groups excluding carboxylic acids is 2. The van der Waals surface area contributed by atoms with E-state index in [0.717, 1.165) is 23.4 Å². The normalized spacial score (nSPS) is 29.5. The monoisotopic (exact) mass is 304 g/mol. The van der Waals surface area contributed by atoms with Crippen LogP contribution in [-0.4, -0.2) is 29.7 Å². The van der Waals surface area contributed by atoms with E-state index >= 15 is 0 Å². The van der Waals surface area contributed by atoms with Gasteiger partial charge in [-0.25, -0.2) is 0 Å². The molecular weight excluding hydrogens is 284 g/mol. The summed E-state index contributed by atoms with van der Waals surface area (Å²) in [5, 5.41) is 2.95. The van der Waals surface area contributed by atoms with Gasteiger partial charge in [-0.05, 0) is 51.0 Å². The van der Waals surface area contributed by atoms with Crippen molar-refractivity contribution in [1.29, 1.82) is 0 Å². The Labute approximate surface area is 129 Å². The van der Waals surface area contributed by atoms with Gasteiger partial charge < -0.3 is 5.32 Å². The van der Waals surface area contributed by atoms with E-state index in [0.29, 0.717) is 0 Å². The number of carbonyl (C=O) groups is 2. The number of thioether (sulfide) groups is 1. The second-order valence-electron chi connectivity index (χ2n) is 5.99. The molecule has 0 bridgehead atoms. The molecule has 2 amide bonds. The van der Waals surface area contributed by atoms with E-state index in [1.807, 2.05) is 37.4 Å². The number of nitrogens with zero attached hydrogens (tertiary/aromatic N) is 1. The number of benzene rings is 1. The zero-order valence-corrected chi connectivity index (χ0v) is 13.4. The van der Waals surface area contributed by atoms with Crippen LogP contribution in [-0.2, 0) is 9.59 Å². The number of anilines is 1. The van der Waals surface area contributed by atoms with Gasteiger partial charge in [-0.3, -0.25) is 14.5 Å². The van der Waals surface area contributed by atoms with Crippen molar-refractivity contribution in [2.24, 2.45) is 5.92 Å². The Balaban J connectivity index is 2.06. The average Bonchev–Trinajstić information content (AvgIpc) is 3.31. The minimum Gasteiger partial charge on any atom is -0.340 e. The number of hydrogen-bond acceptors (Lipinski definition) is 3. The molecule has 1 heterocycles. The Hall–Kier alpha value is -1.49. The zero-order valence-electron chi connectivity index (χ0n) is 12.6. The van der Waals surface area contributed by atoms with Crippen molar-refractivity contribution in [2.75, 3.05) is 11.2 Å². The minimum absolute atomic E-state index is 0.0126. The van der Waals surface area contributed by atoms with Crippen LogP contribution in [0, 0.1) is 5.92 Å². The van der Waals surface area contributed by atoms with Crippen LogP contribution in [0.2, 0.25) is 0 Å². The van der Waals surface area contributed by atoms with E-state index in [-0.39, 0.29) is 17.7 Å². The highest BCUT2D eigenvalue weighted by atomic mass is 32.2. The van der Waals surface area contributed by atoms with Gasteiger partial charge in [0.15, 0.2) is 0 Å². The largest absolute Gasteiger partial charge is 0.340 e. The summed E-state index contributed by atoms with van der Waals surface area (Å²) in [5.74, 6) is 0.212. The lowest BCUT2D eigenvalue weighted by Crippen LogP contribution is -2.70. The van der Waals surface area contributed by atoms with Crippen LogP contribution in [0.15, 0.2) is 29.2 Å². The highest BCUT2D eigenvalue weighted by molar-refractivity contribution is 7.98. The minimum atomic E-state index is -0.755. The highest BCUT2D eigenvalue weighted by Crippen LogP contribution is 2.44.